The van der Waals surface area contributed by atoms with Gasteiger partial charge in [0.25, 0.3) is 5.91 Å². The van der Waals surface area contributed by atoms with E-state index >= 15 is 0 Å². The number of nitrogens with one attached hydrogen (secondary N) is 2. The molecule has 1 aliphatic rings. The zero-order valence-electron chi connectivity index (χ0n) is 20.4. The molecular formula is C29H31N3O3. The molecule has 0 unspecified atom stereocenters. The maximum absolute atomic E-state index is 13.1. The Morgan fingerprint density at radius 2 is 1.71 bits per heavy atom. The number of rotatable bonds is 9. The van der Waals surface area contributed by atoms with Gasteiger partial charge in [0.05, 0.1) is 29.1 Å². The van der Waals surface area contributed by atoms with E-state index in [4.69, 9.17) is 4.74 Å². The van der Waals surface area contributed by atoms with Crippen LogP contribution in [0.5, 0.6) is 0 Å². The van der Waals surface area contributed by atoms with Crippen molar-refractivity contribution in [1.29, 1.82) is 0 Å². The second-order valence-corrected chi connectivity index (χ2v) is 8.78. The summed E-state index contributed by atoms with van der Waals surface area (Å²) in [4.78, 5) is 27.5. The highest BCUT2D eigenvalue weighted by Gasteiger charge is 2.29. The molecule has 180 valence electrons. The van der Waals surface area contributed by atoms with Crippen LogP contribution in [-0.4, -0.2) is 44.0 Å². The van der Waals surface area contributed by atoms with Crippen LogP contribution in [0.15, 0.2) is 72.8 Å². The van der Waals surface area contributed by atoms with Gasteiger partial charge < -0.3 is 20.3 Å². The molecule has 0 spiro atoms. The third-order valence-electron chi connectivity index (χ3n) is 5.88. The van der Waals surface area contributed by atoms with Crippen LogP contribution < -0.4 is 10.6 Å². The monoisotopic (exact) mass is 469 g/mol. The first-order valence-electron chi connectivity index (χ1n) is 11.9. The van der Waals surface area contributed by atoms with Gasteiger partial charge >= 0.3 is 5.97 Å². The lowest BCUT2D eigenvalue weighted by Gasteiger charge is -2.15. The largest absolute Gasteiger partial charge is 0.462 e. The van der Waals surface area contributed by atoms with Gasteiger partial charge in [0.2, 0.25) is 0 Å². The highest BCUT2D eigenvalue weighted by molar-refractivity contribution is 6.37. The van der Waals surface area contributed by atoms with Crippen LogP contribution in [0.2, 0.25) is 0 Å². The van der Waals surface area contributed by atoms with E-state index in [-0.39, 0.29) is 5.91 Å². The van der Waals surface area contributed by atoms with Crippen molar-refractivity contribution in [2.45, 2.75) is 19.8 Å². The molecule has 0 radical (unpaired) electrons. The molecule has 3 aromatic rings. The van der Waals surface area contributed by atoms with Gasteiger partial charge in [-0.3, -0.25) is 4.79 Å². The first-order valence-corrected chi connectivity index (χ1v) is 11.9. The van der Waals surface area contributed by atoms with Gasteiger partial charge in [-0.1, -0.05) is 48.5 Å². The number of hydrogen-bond donors (Lipinski definition) is 2. The molecule has 0 aromatic heterocycles. The van der Waals surface area contributed by atoms with Crippen LogP contribution in [0.3, 0.4) is 0 Å². The molecule has 0 saturated heterocycles. The number of aryl methyl sites for hydroxylation is 1. The first kappa shape index (κ1) is 24.2. The maximum Gasteiger partial charge on any atom is 0.338 e. The number of hydrogen-bond acceptors (Lipinski definition) is 5. The van der Waals surface area contributed by atoms with E-state index in [1.807, 2.05) is 42.5 Å². The Kier molecular flexibility index (Phi) is 7.63. The molecule has 3 aromatic carbocycles. The Bertz CT molecular complexity index is 1230. The van der Waals surface area contributed by atoms with Crippen molar-refractivity contribution in [3.8, 4) is 0 Å². The second-order valence-electron chi connectivity index (χ2n) is 8.78. The normalized spacial score (nSPS) is 13.9. The quantitative estimate of drug-likeness (QED) is 0.329. The van der Waals surface area contributed by atoms with Crippen molar-refractivity contribution in [3.05, 3.63) is 95.1 Å². The van der Waals surface area contributed by atoms with Crippen molar-refractivity contribution in [3.63, 3.8) is 0 Å². The molecule has 4 rings (SSSR count). The van der Waals surface area contributed by atoms with Crippen molar-refractivity contribution < 1.29 is 14.3 Å². The molecule has 1 heterocycles. The van der Waals surface area contributed by atoms with Gasteiger partial charge in [-0.05, 0) is 75.8 Å². The van der Waals surface area contributed by atoms with Gasteiger partial charge in [0.15, 0.2) is 0 Å². The van der Waals surface area contributed by atoms with Gasteiger partial charge in [-0.2, -0.15) is 0 Å². The summed E-state index contributed by atoms with van der Waals surface area (Å²) in [7, 11) is 4.17. The number of fused-ring (bicyclic) bond motifs is 1. The minimum atomic E-state index is -0.408. The predicted octanol–water partition coefficient (Wildman–Crippen LogP) is 5.29. The SMILES string of the molecule is CCOC(=O)c1ccc2c(c1)NC(=O)C2=C(Nc1ccc(CCCN(C)C)cc1)c1ccccc1. The van der Waals surface area contributed by atoms with Gasteiger partial charge in [0, 0.05) is 11.3 Å². The van der Waals surface area contributed by atoms with Gasteiger partial charge in [-0.25, -0.2) is 4.79 Å². The molecule has 0 bridgehead atoms. The van der Waals surface area contributed by atoms with E-state index in [9.17, 15) is 9.59 Å². The van der Waals surface area contributed by atoms with E-state index in [1.165, 1.54) is 5.56 Å². The molecular weight excluding hydrogens is 438 g/mol. The van der Waals surface area contributed by atoms with Gasteiger partial charge in [0.1, 0.15) is 0 Å². The number of carbonyl (C=O) groups is 2. The molecule has 2 N–H and O–H groups in total. The van der Waals surface area contributed by atoms with Crippen LogP contribution in [-0.2, 0) is 16.0 Å². The molecule has 6 nitrogen and oxygen atoms in total. The van der Waals surface area contributed by atoms with E-state index < -0.39 is 5.97 Å². The van der Waals surface area contributed by atoms with E-state index in [2.05, 4.69) is 41.8 Å². The lowest BCUT2D eigenvalue weighted by molar-refractivity contribution is -0.110. The third kappa shape index (κ3) is 5.78. The Balaban J connectivity index is 1.67. The topological polar surface area (TPSA) is 70.7 Å². The maximum atomic E-state index is 13.1. The highest BCUT2D eigenvalue weighted by atomic mass is 16.5. The first-order chi connectivity index (χ1) is 17.0. The summed E-state index contributed by atoms with van der Waals surface area (Å²) in [5, 5.41) is 6.40. The summed E-state index contributed by atoms with van der Waals surface area (Å²) < 4.78 is 5.10. The average molecular weight is 470 g/mol. The molecule has 0 fully saturated rings. The third-order valence-corrected chi connectivity index (χ3v) is 5.88. The van der Waals surface area contributed by atoms with Crippen LogP contribution in [0.25, 0.3) is 11.3 Å². The minimum absolute atomic E-state index is 0.215. The molecule has 6 heteroatoms. The van der Waals surface area contributed by atoms with Crippen molar-refractivity contribution in [2.75, 3.05) is 37.9 Å². The fourth-order valence-electron chi connectivity index (χ4n) is 4.14. The standard InChI is InChI=1S/C29H31N3O3/c1-4-35-29(34)22-14-17-24-25(19-22)31-28(33)26(24)27(21-10-6-5-7-11-21)30-23-15-12-20(13-16-23)9-8-18-32(2)3/h5-7,10-17,19,30H,4,8-9,18H2,1-3H3,(H,31,33). The lowest BCUT2D eigenvalue weighted by Crippen LogP contribution is -2.13. The number of anilines is 2. The van der Waals surface area contributed by atoms with Gasteiger partial charge in [-0.15, -0.1) is 0 Å². The number of amides is 1. The molecule has 0 atom stereocenters. The summed E-state index contributed by atoms with van der Waals surface area (Å²) in [6.45, 7) is 3.11. The number of esters is 1. The Hall–Kier alpha value is -3.90. The zero-order chi connectivity index (χ0) is 24.8. The Morgan fingerprint density at radius 3 is 2.40 bits per heavy atom. The van der Waals surface area contributed by atoms with Crippen LogP contribution in [0, 0.1) is 0 Å². The number of nitrogens with zero attached hydrogens (tertiary/aromatic N) is 1. The van der Waals surface area contributed by atoms with E-state index in [1.54, 1.807) is 25.1 Å². The minimum Gasteiger partial charge on any atom is -0.462 e. The zero-order valence-corrected chi connectivity index (χ0v) is 20.4. The fraction of sp³-hybridized carbons (Fsp3) is 0.241. The summed E-state index contributed by atoms with van der Waals surface area (Å²) in [6.07, 6.45) is 2.12. The molecule has 0 aliphatic carbocycles. The summed E-state index contributed by atoms with van der Waals surface area (Å²) in [5.74, 6) is -0.623. The van der Waals surface area contributed by atoms with E-state index in [0.717, 1.165) is 36.2 Å². The summed E-state index contributed by atoms with van der Waals surface area (Å²) in [6, 6.07) is 23.3. The lowest BCUT2D eigenvalue weighted by atomic mass is 9.99. The van der Waals surface area contributed by atoms with Crippen LogP contribution >= 0.6 is 0 Å². The van der Waals surface area contributed by atoms with Crippen molar-refractivity contribution >= 4 is 34.5 Å². The molecule has 0 saturated carbocycles. The molecule has 1 aliphatic heterocycles. The van der Waals surface area contributed by atoms with E-state index in [0.29, 0.717) is 29.1 Å². The van der Waals surface area contributed by atoms with Crippen LogP contribution in [0.4, 0.5) is 11.4 Å². The summed E-state index contributed by atoms with van der Waals surface area (Å²) in [5.41, 5.74) is 6.08. The Labute approximate surface area is 206 Å². The highest BCUT2D eigenvalue weighted by Crippen LogP contribution is 2.38. The number of carbonyl (C=O) groups excluding carboxylic acids is 2. The summed E-state index contributed by atoms with van der Waals surface area (Å²) >= 11 is 0. The smallest absolute Gasteiger partial charge is 0.338 e. The predicted molar refractivity (Wildman–Crippen MR) is 141 cm³/mol. The fourth-order valence-corrected chi connectivity index (χ4v) is 4.14. The van der Waals surface area contributed by atoms with Crippen molar-refractivity contribution in [2.24, 2.45) is 0 Å². The number of benzene rings is 3. The molecule has 35 heavy (non-hydrogen) atoms. The van der Waals surface area contributed by atoms with Crippen molar-refractivity contribution in [1.82, 2.24) is 4.90 Å². The molecule has 1 amide bonds. The Morgan fingerprint density at radius 1 is 0.971 bits per heavy atom. The second kappa shape index (κ2) is 11.0. The van der Waals surface area contributed by atoms with Crippen LogP contribution in [0.1, 0.15) is 40.4 Å². The average Bonchev–Trinajstić information content (AvgIpc) is 3.18. The number of ether oxygens (including phenoxy) is 1.